The Balaban J connectivity index is 2.10. The maximum absolute atomic E-state index is 13.5. The normalized spacial score (nSPS) is 18.3. The number of rotatable bonds is 2. The van der Waals surface area contributed by atoms with Gasteiger partial charge in [0.2, 0.25) is 0 Å². The molecule has 0 bridgehead atoms. The summed E-state index contributed by atoms with van der Waals surface area (Å²) in [5.41, 5.74) is 1.90. The van der Waals surface area contributed by atoms with Crippen LogP contribution in [-0.2, 0) is 6.54 Å². The second-order valence-corrected chi connectivity index (χ2v) is 6.61. The Kier molecular flexibility index (Phi) is 3.18. The molecule has 5 heteroatoms. The number of hydrogen-bond acceptors (Lipinski definition) is 1. The number of imidazole rings is 1. The summed E-state index contributed by atoms with van der Waals surface area (Å²) in [7, 11) is 0. The largest absolute Gasteiger partial charge is 0.330 e. The van der Waals surface area contributed by atoms with Crippen molar-refractivity contribution in [3.05, 3.63) is 27.7 Å². The van der Waals surface area contributed by atoms with Gasteiger partial charge in [0.05, 0.1) is 16.1 Å². The van der Waals surface area contributed by atoms with Gasteiger partial charge in [0.15, 0.2) is 4.77 Å². The second-order valence-electron chi connectivity index (χ2n) is 5.82. The minimum Gasteiger partial charge on any atom is -0.330 e. The third kappa shape index (κ3) is 2.32. The molecule has 0 unspecified atom stereocenters. The fraction of sp³-hybridized carbons (Fsp3) is 0.500. The van der Waals surface area contributed by atoms with Crippen molar-refractivity contribution in [1.82, 2.24) is 9.55 Å². The lowest BCUT2D eigenvalue weighted by molar-refractivity contribution is 0.284. The van der Waals surface area contributed by atoms with E-state index >= 15 is 0 Å². The molecule has 0 aliphatic heterocycles. The maximum atomic E-state index is 13.5. The van der Waals surface area contributed by atoms with E-state index < -0.39 is 5.82 Å². The van der Waals surface area contributed by atoms with E-state index in [1.807, 2.05) is 0 Å². The summed E-state index contributed by atoms with van der Waals surface area (Å²) < 4.78 is 16.2. The van der Waals surface area contributed by atoms with Crippen molar-refractivity contribution < 1.29 is 4.39 Å². The molecule has 2 nitrogen and oxygen atoms in total. The molecule has 0 amide bonds. The van der Waals surface area contributed by atoms with E-state index in [1.165, 1.54) is 31.7 Å². The van der Waals surface area contributed by atoms with Crippen LogP contribution in [0.2, 0.25) is 5.02 Å². The van der Waals surface area contributed by atoms with Crippen LogP contribution in [0.1, 0.15) is 32.6 Å². The summed E-state index contributed by atoms with van der Waals surface area (Å²) in [4.78, 5) is 3.07. The van der Waals surface area contributed by atoms with E-state index in [4.69, 9.17) is 23.8 Å². The van der Waals surface area contributed by atoms with Gasteiger partial charge >= 0.3 is 0 Å². The number of H-pyrrole nitrogens is 1. The Morgan fingerprint density at radius 2 is 2.11 bits per heavy atom. The number of fused-ring (bicyclic) bond motifs is 1. The maximum Gasteiger partial charge on any atom is 0.178 e. The van der Waals surface area contributed by atoms with Crippen molar-refractivity contribution in [2.45, 2.75) is 39.2 Å². The standard InChI is InChI=1S/C14H16ClFN2S/c1-14(4-2-3-5-14)8-18-12-6-9(15)10(16)7-11(12)17-13(18)19/h6-7H,2-5,8H2,1H3,(H,17,19). The first kappa shape index (κ1) is 13.1. The molecule has 19 heavy (non-hydrogen) atoms. The first-order valence-electron chi connectivity index (χ1n) is 6.56. The van der Waals surface area contributed by atoms with Gasteiger partial charge in [0, 0.05) is 12.6 Å². The molecular formula is C14H16ClFN2S. The van der Waals surface area contributed by atoms with E-state index in [-0.39, 0.29) is 10.4 Å². The lowest BCUT2D eigenvalue weighted by Crippen LogP contribution is -2.19. The molecule has 0 spiro atoms. The minimum atomic E-state index is -0.412. The SMILES string of the molecule is CC1(Cn2c(=S)[nH]c3cc(F)c(Cl)cc32)CCCC1. The zero-order valence-corrected chi connectivity index (χ0v) is 12.4. The van der Waals surface area contributed by atoms with Crippen molar-refractivity contribution >= 4 is 34.9 Å². The average Bonchev–Trinajstić information content (AvgIpc) is 2.88. The quantitative estimate of drug-likeness (QED) is 0.768. The summed E-state index contributed by atoms with van der Waals surface area (Å²) in [6.45, 7) is 3.17. The van der Waals surface area contributed by atoms with E-state index in [0.717, 1.165) is 12.1 Å². The van der Waals surface area contributed by atoms with Crippen molar-refractivity contribution in [2.24, 2.45) is 5.41 Å². The number of nitrogens with one attached hydrogen (secondary N) is 1. The number of hydrogen-bond donors (Lipinski definition) is 1. The molecule has 0 radical (unpaired) electrons. The van der Waals surface area contributed by atoms with Gasteiger partial charge in [0.25, 0.3) is 0 Å². The molecular weight excluding hydrogens is 283 g/mol. The summed E-state index contributed by atoms with van der Waals surface area (Å²) in [6.07, 6.45) is 5.00. The summed E-state index contributed by atoms with van der Waals surface area (Å²) >= 11 is 11.2. The highest BCUT2D eigenvalue weighted by molar-refractivity contribution is 7.71. The molecule has 1 aliphatic rings. The second kappa shape index (κ2) is 4.60. The number of nitrogens with zero attached hydrogens (tertiary/aromatic N) is 1. The van der Waals surface area contributed by atoms with Crippen molar-refractivity contribution in [3.8, 4) is 0 Å². The fourth-order valence-electron chi connectivity index (χ4n) is 3.08. The summed E-state index contributed by atoms with van der Waals surface area (Å²) in [5, 5.41) is 0.145. The van der Waals surface area contributed by atoms with Crippen LogP contribution in [0.15, 0.2) is 12.1 Å². The van der Waals surface area contributed by atoms with Crippen molar-refractivity contribution in [1.29, 1.82) is 0 Å². The summed E-state index contributed by atoms with van der Waals surface area (Å²) in [6, 6.07) is 3.08. The zero-order valence-electron chi connectivity index (χ0n) is 10.8. The van der Waals surface area contributed by atoms with Gasteiger partial charge in [0.1, 0.15) is 5.82 Å². The molecule has 1 aromatic heterocycles. The molecule has 1 fully saturated rings. The molecule has 0 atom stereocenters. The number of aromatic nitrogens is 2. The Morgan fingerprint density at radius 3 is 2.79 bits per heavy atom. The molecule has 0 saturated heterocycles. The highest BCUT2D eigenvalue weighted by Gasteiger charge is 2.29. The number of aromatic amines is 1. The summed E-state index contributed by atoms with van der Waals surface area (Å²) in [5.74, 6) is -0.412. The van der Waals surface area contributed by atoms with E-state index in [0.29, 0.717) is 10.3 Å². The Morgan fingerprint density at radius 1 is 1.42 bits per heavy atom. The van der Waals surface area contributed by atoms with Crippen LogP contribution >= 0.6 is 23.8 Å². The van der Waals surface area contributed by atoms with Crippen molar-refractivity contribution in [3.63, 3.8) is 0 Å². The lowest BCUT2D eigenvalue weighted by atomic mass is 9.89. The smallest absolute Gasteiger partial charge is 0.178 e. The predicted octanol–water partition coefficient (Wildman–Crippen LogP) is 5.07. The van der Waals surface area contributed by atoms with Gasteiger partial charge in [-0.1, -0.05) is 31.4 Å². The lowest BCUT2D eigenvalue weighted by Gasteiger charge is -2.24. The molecule has 1 N–H and O–H groups in total. The molecule has 1 heterocycles. The van der Waals surface area contributed by atoms with E-state index in [2.05, 4.69) is 16.5 Å². The van der Waals surface area contributed by atoms with Crippen LogP contribution in [-0.4, -0.2) is 9.55 Å². The van der Waals surface area contributed by atoms with Crippen molar-refractivity contribution in [2.75, 3.05) is 0 Å². The van der Waals surface area contributed by atoms with E-state index in [9.17, 15) is 4.39 Å². The van der Waals surface area contributed by atoms with Gasteiger partial charge in [-0.05, 0) is 36.5 Å². The molecule has 1 aliphatic carbocycles. The zero-order chi connectivity index (χ0) is 13.6. The minimum absolute atomic E-state index is 0.145. The highest BCUT2D eigenvalue weighted by Crippen LogP contribution is 2.39. The first-order chi connectivity index (χ1) is 8.98. The molecule has 1 aromatic carbocycles. The molecule has 2 aromatic rings. The van der Waals surface area contributed by atoms with Crippen LogP contribution < -0.4 is 0 Å². The monoisotopic (exact) mass is 298 g/mol. The van der Waals surface area contributed by atoms with Gasteiger partial charge in [-0.3, -0.25) is 0 Å². The fourth-order valence-corrected chi connectivity index (χ4v) is 3.51. The molecule has 3 rings (SSSR count). The third-order valence-electron chi connectivity index (χ3n) is 4.17. The number of halogens is 2. The van der Waals surface area contributed by atoms with Crippen LogP contribution in [0.25, 0.3) is 11.0 Å². The van der Waals surface area contributed by atoms with Gasteiger partial charge in [-0.25, -0.2) is 4.39 Å². The Labute approximate surface area is 121 Å². The highest BCUT2D eigenvalue weighted by atomic mass is 35.5. The topological polar surface area (TPSA) is 20.7 Å². The Hall–Kier alpha value is -0.870. The Bertz CT molecular complexity index is 683. The number of benzene rings is 1. The van der Waals surface area contributed by atoms with Gasteiger partial charge in [-0.15, -0.1) is 0 Å². The van der Waals surface area contributed by atoms with E-state index in [1.54, 1.807) is 6.07 Å². The van der Waals surface area contributed by atoms with Crippen LogP contribution in [0, 0.1) is 16.0 Å². The van der Waals surface area contributed by atoms with Crippen LogP contribution in [0.5, 0.6) is 0 Å². The van der Waals surface area contributed by atoms with Gasteiger partial charge in [-0.2, -0.15) is 0 Å². The average molecular weight is 299 g/mol. The van der Waals surface area contributed by atoms with Gasteiger partial charge < -0.3 is 9.55 Å². The first-order valence-corrected chi connectivity index (χ1v) is 7.35. The third-order valence-corrected chi connectivity index (χ3v) is 4.78. The predicted molar refractivity (Wildman–Crippen MR) is 78.7 cm³/mol. The van der Waals surface area contributed by atoms with Crippen LogP contribution in [0.4, 0.5) is 4.39 Å². The molecule has 102 valence electrons. The van der Waals surface area contributed by atoms with Crippen LogP contribution in [0.3, 0.4) is 0 Å². The molecule has 1 saturated carbocycles.